The number of hydrogen-bond donors (Lipinski definition) is 3. The summed E-state index contributed by atoms with van der Waals surface area (Å²) in [7, 11) is 0. The van der Waals surface area contributed by atoms with Gasteiger partial charge in [0.25, 0.3) is 0 Å². The van der Waals surface area contributed by atoms with Crippen LogP contribution in [0.2, 0.25) is 0 Å². The number of urea groups is 1. The summed E-state index contributed by atoms with van der Waals surface area (Å²) >= 11 is 0. The van der Waals surface area contributed by atoms with Gasteiger partial charge in [-0.15, -0.1) is 0 Å². The molecule has 2 heterocycles. The van der Waals surface area contributed by atoms with Crippen molar-refractivity contribution < 1.29 is 24.6 Å². The Labute approximate surface area is 148 Å². The fourth-order valence-corrected chi connectivity index (χ4v) is 3.34. The number of nitrogens with zero attached hydrogens (tertiary/aromatic N) is 2. The first-order chi connectivity index (χ1) is 11.7. The molecule has 2 aliphatic heterocycles. The van der Waals surface area contributed by atoms with Gasteiger partial charge >= 0.3 is 12.0 Å². The lowest BCUT2D eigenvalue weighted by atomic mass is 9.90. The van der Waals surface area contributed by atoms with E-state index in [1.807, 2.05) is 13.8 Å². The van der Waals surface area contributed by atoms with Crippen LogP contribution in [0.15, 0.2) is 0 Å². The van der Waals surface area contributed by atoms with Gasteiger partial charge in [-0.1, -0.05) is 13.8 Å². The van der Waals surface area contributed by atoms with E-state index < -0.39 is 11.6 Å². The SMILES string of the molecule is CC(C)CNC(=O)N1CCCC(C(=O)N2CCC(O)(C(=O)O)CC2)C1. The van der Waals surface area contributed by atoms with Crippen molar-refractivity contribution in [2.24, 2.45) is 11.8 Å². The van der Waals surface area contributed by atoms with Crippen molar-refractivity contribution in [3.8, 4) is 0 Å². The van der Waals surface area contributed by atoms with Crippen molar-refractivity contribution in [1.82, 2.24) is 15.1 Å². The highest BCUT2D eigenvalue weighted by Crippen LogP contribution is 2.26. The zero-order valence-corrected chi connectivity index (χ0v) is 15.0. The number of carbonyl (C=O) groups excluding carboxylic acids is 2. The number of nitrogens with one attached hydrogen (secondary N) is 1. The van der Waals surface area contributed by atoms with Gasteiger partial charge in [-0.25, -0.2) is 9.59 Å². The molecule has 25 heavy (non-hydrogen) atoms. The zero-order valence-electron chi connectivity index (χ0n) is 15.0. The standard InChI is InChI=1S/C17H29N3O5/c1-12(2)10-18-16(24)20-7-3-4-13(11-20)14(21)19-8-5-17(25,6-9-19)15(22)23/h12-13,25H,3-11H2,1-2H3,(H,18,24)(H,22,23). The molecule has 2 rings (SSSR count). The predicted molar refractivity (Wildman–Crippen MR) is 90.9 cm³/mol. The molecule has 8 heteroatoms. The van der Waals surface area contributed by atoms with Crippen molar-refractivity contribution in [1.29, 1.82) is 0 Å². The van der Waals surface area contributed by atoms with Crippen LogP contribution in [0.25, 0.3) is 0 Å². The highest BCUT2D eigenvalue weighted by Gasteiger charge is 2.42. The smallest absolute Gasteiger partial charge is 0.335 e. The summed E-state index contributed by atoms with van der Waals surface area (Å²) in [6.45, 7) is 6.16. The van der Waals surface area contributed by atoms with Crippen molar-refractivity contribution in [2.75, 3.05) is 32.7 Å². The average molecular weight is 355 g/mol. The highest BCUT2D eigenvalue weighted by atomic mass is 16.4. The van der Waals surface area contributed by atoms with Gasteiger partial charge in [-0.05, 0) is 18.8 Å². The molecule has 0 bridgehead atoms. The third-order valence-corrected chi connectivity index (χ3v) is 5.02. The minimum atomic E-state index is -1.73. The van der Waals surface area contributed by atoms with E-state index in [2.05, 4.69) is 5.32 Å². The predicted octanol–water partition coefficient (Wildman–Crippen LogP) is 0.502. The quantitative estimate of drug-likeness (QED) is 0.680. The molecule has 142 valence electrons. The molecule has 2 saturated heterocycles. The van der Waals surface area contributed by atoms with Crippen molar-refractivity contribution >= 4 is 17.9 Å². The number of carbonyl (C=O) groups is 3. The van der Waals surface area contributed by atoms with Crippen molar-refractivity contribution in [3.05, 3.63) is 0 Å². The van der Waals surface area contributed by atoms with E-state index in [0.717, 1.165) is 12.8 Å². The summed E-state index contributed by atoms with van der Waals surface area (Å²) in [5, 5.41) is 21.9. The van der Waals surface area contributed by atoms with Crippen LogP contribution in [0.5, 0.6) is 0 Å². The third-order valence-electron chi connectivity index (χ3n) is 5.02. The lowest BCUT2D eigenvalue weighted by molar-refractivity contribution is -0.166. The van der Waals surface area contributed by atoms with Gasteiger partial charge in [-0.3, -0.25) is 4.79 Å². The number of carboxylic acids is 1. The second kappa shape index (κ2) is 8.03. The van der Waals surface area contributed by atoms with Gasteiger partial charge in [0, 0.05) is 45.6 Å². The van der Waals surface area contributed by atoms with Crippen molar-refractivity contribution in [3.63, 3.8) is 0 Å². The highest BCUT2D eigenvalue weighted by molar-refractivity contribution is 5.82. The topological polar surface area (TPSA) is 110 Å². The monoisotopic (exact) mass is 355 g/mol. The molecule has 0 saturated carbocycles. The van der Waals surface area contributed by atoms with Gasteiger partial charge in [0.2, 0.25) is 5.91 Å². The van der Waals surface area contributed by atoms with Gasteiger partial charge in [0.15, 0.2) is 5.60 Å². The maximum absolute atomic E-state index is 12.7. The van der Waals surface area contributed by atoms with Crippen LogP contribution in [0.1, 0.15) is 39.5 Å². The number of piperidine rings is 2. The Morgan fingerprint density at radius 2 is 1.80 bits per heavy atom. The zero-order chi connectivity index (χ0) is 18.6. The van der Waals surface area contributed by atoms with Crippen LogP contribution >= 0.6 is 0 Å². The van der Waals surface area contributed by atoms with Crippen LogP contribution in [-0.4, -0.2) is 76.2 Å². The number of carboxylic acid groups (broad SMARTS) is 1. The van der Waals surface area contributed by atoms with Crippen LogP contribution in [0, 0.1) is 11.8 Å². The number of likely N-dealkylation sites (tertiary alicyclic amines) is 2. The van der Waals surface area contributed by atoms with E-state index in [0.29, 0.717) is 25.6 Å². The molecule has 0 aromatic carbocycles. The normalized spacial score (nSPS) is 23.4. The van der Waals surface area contributed by atoms with E-state index >= 15 is 0 Å². The number of hydrogen-bond acceptors (Lipinski definition) is 4. The second-order valence-corrected chi connectivity index (χ2v) is 7.53. The number of amides is 3. The summed E-state index contributed by atoms with van der Waals surface area (Å²) in [6, 6.07) is -0.134. The minimum Gasteiger partial charge on any atom is -0.479 e. The van der Waals surface area contributed by atoms with E-state index in [9.17, 15) is 19.5 Å². The van der Waals surface area contributed by atoms with E-state index in [1.54, 1.807) is 9.80 Å². The molecular formula is C17H29N3O5. The Hall–Kier alpha value is -1.83. The molecule has 3 amide bonds. The van der Waals surface area contributed by atoms with Gasteiger partial charge in [-0.2, -0.15) is 0 Å². The Bertz CT molecular complexity index is 514. The first-order valence-electron chi connectivity index (χ1n) is 9.00. The largest absolute Gasteiger partial charge is 0.479 e. The number of rotatable bonds is 4. The first kappa shape index (κ1) is 19.5. The van der Waals surface area contributed by atoms with Gasteiger partial charge in [0.1, 0.15) is 0 Å². The molecule has 1 atom stereocenters. The van der Waals surface area contributed by atoms with E-state index in [-0.39, 0.29) is 43.8 Å². The van der Waals surface area contributed by atoms with Crippen LogP contribution in [-0.2, 0) is 9.59 Å². The fourth-order valence-electron chi connectivity index (χ4n) is 3.34. The Kier molecular flexibility index (Phi) is 6.26. The molecule has 2 aliphatic rings. The van der Waals surface area contributed by atoms with Crippen molar-refractivity contribution in [2.45, 2.75) is 45.1 Å². The number of aliphatic hydroxyl groups is 1. The van der Waals surface area contributed by atoms with Gasteiger partial charge in [0.05, 0.1) is 5.92 Å². The van der Waals surface area contributed by atoms with E-state index in [1.165, 1.54) is 0 Å². The third kappa shape index (κ3) is 4.84. The Balaban J connectivity index is 1.87. The maximum atomic E-state index is 12.7. The molecule has 0 radical (unpaired) electrons. The minimum absolute atomic E-state index is 0.0411. The second-order valence-electron chi connectivity index (χ2n) is 7.53. The summed E-state index contributed by atoms with van der Waals surface area (Å²) in [5.41, 5.74) is -1.73. The summed E-state index contributed by atoms with van der Waals surface area (Å²) in [5.74, 6) is -1.17. The lowest BCUT2D eigenvalue weighted by Gasteiger charge is -2.39. The van der Waals surface area contributed by atoms with E-state index in [4.69, 9.17) is 5.11 Å². The fraction of sp³-hybridized carbons (Fsp3) is 0.824. The Morgan fingerprint density at radius 1 is 1.16 bits per heavy atom. The first-order valence-corrected chi connectivity index (χ1v) is 9.00. The summed E-state index contributed by atoms with van der Waals surface area (Å²) < 4.78 is 0. The summed E-state index contributed by atoms with van der Waals surface area (Å²) in [4.78, 5) is 39.3. The molecule has 0 aliphatic carbocycles. The average Bonchev–Trinajstić information content (AvgIpc) is 2.59. The van der Waals surface area contributed by atoms with Crippen LogP contribution in [0.3, 0.4) is 0 Å². The number of aliphatic carboxylic acids is 1. The molecule has 0 aromatic heterocycles. The summed E-state index contributed by atoms with van der Waals surface area (Å²) in [6.07, 6.45) is 1.59. The molecule has 3 N–H and O–H groups in total. The molecule has 8 nitrogen and oxygen atoms in total. The molecule has 0 spiro atoms. The Morgan fingerprint density at radius 3 is 2.36 bits per heavy atom. The maximum Gasteiger partial charge on any atom is 0.335 e. The molecule has 2 fully saturated rings. The molecule has 0 aromatic rings. The molecule has 1 unspecified atom stereocenters. The van der Waals surface area contributed by atoms with Gasteiger partial charge < -0.3 is 25.3 Å². The molecular weight excluding hydrogens is 326 g/mol. The van der Waals surface area contributed by atoms with Crippen LogP contribution < -0.4 is 5.32 Å². The van der Waals surface area contributed by atoms with Crippen LogP contribution in [0.4, 0.5) is 4.79 Å². The lowest BCUT2D eigenvalue weighted by Crippen LogP contribution is -2.54.